The van der Waals surface area contributed by atoms with Gasteiger partial charge in [-0.05, 0) is 27.2 Å². The fraction of sp³-hybridized carbons (Fsp3) is 0.647. The molecular weight excluding hydrogens is 292 g/mol. The van der Waals surface area contributed by atoms with Crippen molar-refractivity contribution in [3.8, 4) is 0 Å². The molecule has 6 heteroatoms. The fourth-order valence-corrected chi connectivity index (χ4v) is 2.71. The third kappa shape index (κ3) is 4.06. The molecular formula is C17H26N4O2. The highest BCUT2D eigenvalue weighted by atomic mass is 16.2. The molecule has 2 heterocycles. The van der Waals surface area contributed by atoms with Gasteiger partial charge in [-0.15, -0.1) is 0 Å². The van der Waals surface area contributed by atoms with Gasteiger partial charge in [-0.1, -0.05) is 13.8 Å². The Labute approximate surface area is 137 Å². The molecule has 1 fully saturated rings. The zero-order valence-electron chi connectivity index (χ0n) is 14.6. The highest BCUT2D eigenvalue weighted by molar-refractivity contribution is 5.95. The molecule has 0 bridgehead atoms. The third-order valence-corrected chi connectivity index (χ3v) is 4.13. The Bertz CT molecular complexity index is 598. The van der Waals surface area contributed by atoms with E-state index in [0.29, 0.717) is 24.2 Å². The minimum atomic E-state index is -0.0750. The van der Waals surface area contributed by atoms with Gasteiger partial charge in [-0.25, -0.2) is 9.97 Å². The lowest BCUT2D eigenvalue weighted by Gasteiger charge is -2.29. The van der Waals surface area contributed by atoms with Crippen LogP contribution in [0, 0.1) is 6.92 Å². The van der Waals surface area contributed by atoms with Gasteiger partial charge in [0.1, 0.15) is 5.82 Å². The van der Waals surface area contributed by atoms with Crippen molar-refractivity contribution in [3.63, 3.8) is 0 Å². The second kappa shape index (κ2) is 7.06. The minimum absolute atomic E-state index is 0.0324. The van der Waals surface area contributed by atoms with E-state index >= 15 is 0 Å². The zero-order valence-corrected chi connectivity index (χ0v) is 14.6. The summed E-state index contributed by atoms with van der Waals surface area (Å²) >= 11 is 0. The lowest BCUT2D eigenvalue weighted by molar-refractivity contribution is -0.119. The molecule has 1 aliphatic rings. The van der Waals surface area contributed by atoms with Crippen LogP contribution in [0.25, 0.3) is 0 Å². The Morgan fingerprint density at radius 2 is 2.09 bits per heavy atom. The molecule has 1 aromatic heterocycles. The molecule has 23 heavy (non-hydrogen) atoms. The number of nitrogens with zero attached hydrogens (tertiary/aromatic N) is 3. The maximum Gasteiger partial charge on any atom is 0.257 e. The Hall–Kier alpha value is -1.98. The topological polar surface area (TPSA) is 75.2 Å². The van der Waals surface area contributed by atoms with Gasteiger partial charge >= 0.3 is 0 Å². The lowest BCUT2D eigenvalue weighted by atomic mass is 10.1. The number of nitrogens with one attached hydrogen (secondary N) is 1. The number of aryl methyl sites for hydroxylation is 1. The monoisotopic (exact) mass is 318 g/mol. The van der Waals surface area contributed by atoms with Crippen molar-refractivity contribution in [2.75, 3.05) is 6.54 Å². The first-order valence-electron chi connectivity index (χ1n) is 8.23. The van der Waals surface area contributed by atoms with Gasteiger partial charge in [-0.3, -0.25) is 9.59 Å². The average molecular weight is 318 g/mol. The molecule has 1 unspecified atom stereocenters. The predicted molar refractivity (Wildman–Crippen MR) is 88.2 cm³/mol. The van der Waals surface area contributed by atoms with Gasteiger partial charge in [0.2, 0.25) is 5.91 Å². The minimum Gasteiger partial charge on any atom is -0.352 e. The summed E-state index contributed by atoms with van der Waals surface area (Å²) in [6.45, 7) is 10.4. The second-order valence-electron chi connectivity index (χ2n) is 6.74. The summed E-state index contributed by atoms with van der Waals surface area (Å²) in [5.41, 5.74) is 1.24. The molecule has 1 aromatic rings. The summed E-state index contributed by atoms with van der Waals surface area (Å²) in [5.74, 6) is 0.965. The van der Waals surface area contributed by atoms with E-state index in [1.807, 2.05) is 34.6 Å². The van der Waals surface area contributed by atoms with Crippen LogP contribution >= 0.6 is 0 Å². The Kier molecular flexibility index (Phi) is 5.34. The van der Waals surface area contributed by atoms with Crippen molar-refractivity contribution in [2.24, 2.45) is 0 Å². The SMILES string of the molecule is Cc1nc(C(C)C)ncc1C(=O)N(CC1CCC(=O)N1)C(C)C. The van der Waals surface area contributed by atoms with E-state index in [9.17, 15) is 9.59 Å². The van der Waals surface area contributed by atoms with E-state index in [0.717, 1.165) is 12.2 Å². The first-order valence-corrected chi connectivity index (χ1v) is 8.23. The molecule has 0 aromatic carbocycles. The average Bonchev–Trinajstić information content (AvgIpc) is 2.89. The van der Waals surface area contributed by atoms with Gasteiger partial charge in [0.05, 0.1) is 11.3 Å². The summed E-state index contributed by atoms with van der Waals surface area (Å²) in [5, 5.41) is 2.92. The van der Waals surface area contributed by atoms with Crippen LogP contribution in [0.5, 0.6) is 0 Å². The van der Waals surface area contributed by atoms with Crippen molar-refractivity contribution in [3.05, 3.63) is 23.3 Å². The summed E-state index contributed by atoms with van der Waals surface area (Å²) < 4.78 is 0. The Morgan fingerprint density at radius 1 is 1.39 bits per heavy atom. The van der Waals surface area contributed by atoms with Crippen LogP contribution in [0.4, 0.5) is 0 Å². The number of carbonyl (C=O) groups is 2. The van der Waals surface area contributed by atoms with Crippen LogP contribution in [-0.4, -0.2) is 45.3 Å². The van der Waals surface area contributed by atoms with Gasteiger partial charge in [0.25, 0.3) is 5.91 Å². The molecule has 0 spiro atoms. The normalized spacial score (nSPS) is 17.7. The second-order valence-corrected chi connectivity index (χ2v) is 6.74. The predicted octanol–water partition coefficient (Wildman–Crippen LogP) is 2.04. The van der Waals surface area contributed by atoms with Gasteiger partial charge in [0.15, 0.2) is 0 Å². The Morgan fingerprint density at radius 3 is 2.57 bits per heavy atom. The number of hydrogen-bond donors (Lipinski definition) is 1. The van der Waals surface area contributed by atoms with E-state index in [1.54, 1.807) is 11.1 Å². The van der Waals surface area contributed by atoms with E-state index in [2.05, 4.69) is 15.3 Å². The highest BCUT2D eigenvalue weighted by Gasteiger charge is 2.28. The number of carbonyl (C=O) groups excluding carboxylic acids is 2. The van der Waals surface area contributed by atoms with E-state index in [-0.39, 0.29) is 29.8 Å². The molecule has 0 radical (unpaired) electrons. The van der Waals surface area contributed by atoms with Crippen LogP contribution in [-0.2, 0) is 4.79 Å². The van der Waals surface area contributed by atoms with E-state index < -0.39 is 0 Å². The zero-order chi connectivity index (χ0) is 17.1. The lowest BCUT2D eigenvalue weighted by Crippen LogP contribution is -2.45. The maximum absolute atomic E-state index is 12.9. The van der Waals surface area contributed by atoms with Crippen molar-refractivity contribution in [1.29, 1.82) is 0 Å². The summed E-state index contributed by atoms with van der Waals surface area (Å²) in [6, 6.07) is 0.0780. The number of amides is 2. The number of rotatable bonds is 5. The number of hydrogen-bond acceptors (Lipinski definition) is 4. The Balaban J connectivity index is 2.19. The van der Waals surface area contributed by atoms with Gasteiger partial charge in [-0.2, -0.15) is 0 Å². The smallest absolute Gasteiger partial charge is 0.257 e. The van der Waals surface area contributed by atoms with E-state index in [1.165, 1.54) is 0 Å². The van der Waals surface area contributed by atoms with Crippen LogP contribution in [0.15, 0.2) is 6.20 Å². The molecule has 1 aliphatic heterocycles. The quantitative estimate of drug-likeness (QED) is 0.901. The van der Waals surface area contributed by atoms with Crippen LogP contribution < -0.4 is 5.32 Å². The van der Waals surface area contributed by atoms with Gasteiger partial charge < -0.3 is 10.2 Å². The van der Waals surface area contributed by atoms with Crippen molar-refractivity contribution in [2.45, 2.75) is 65.5 Å². The van der Waals surface area contributed by atoms with E-state index in [4.69, 9.17) is 0 Å². The molecule has 1 saturated heterocycles. The highest BCUT2D eigenvalue weighted by Crippen LogP contribution is 2.17. The van der Waals surface area contributed by atoms with Crippen LogP contribution in [0.3, 0.4) is 0 Å². The summed E-state index contributed by atoms with van der Waals surface area (Å²) in [4.78, 5) is 34.8. The van der Waals surface area contributed by atoms with Crippen LogP contribution in [0.2, 0.25) is 0 Å². The van der Waals surface area contributed by atoms with Gasteiger partial charge in [0, 0.05) is 37.2 Å². The fourth-order valence-electron chi connectivity index (χ4n) is 2.71. The van der Waals surface area contributed by atoms with Crippen molar-refractivity contribution in [1.82, 2.24) is 20.2 Å². The third-order valence-electron chi connectivity index (χ3n) is 4.13. The molecule has 2 rings (SSSR count). The van der Waals surface area contributed by atoms with Crippen LogP contribution in [0.1, 0.15) is 68.3 Å². The molecule has 0 saturated carbocycles. The number of aromatic nitrogens is 2. The van der Waals surface area contributed by atoms with Crippen molar-refractivity contribution >= 4 is 11.8 Å². The molecule has 0 aliphatic carbocycles. The molecule has 1 atom stereocenters. The largest absolute Gasteiger partial charge is 0.352 e. The molecule has 1 N–H and O–H groups in total. The standard InChI is InChI=1S/C17H26N4O2/c1-10(2)16-18-8-14(12(5)19-16)17(23)21(11(3)4)9-13-6-7-15(22)20-13/h8,10-11,13H,6-7,9H2,1-5H3,(H,20,22). The summed E-state index contributed by atoms with van der Waals surface area (Å²) in [6.07, 6.45) is 2.94. The maximum atomic E-state index is 12.9. The molecule has 126 valence electrons. The summed E-state index contributed by atoms with van der Waals surface area (Å²) in [7, 11) is 0. The molecule has 6 nitrogen and oxygen atoms in total. The molecule has 2 amide bonds. The first kappa shape index (κ1) is 17.4. The first-order chi connectivity index (χ1) is 10.8. The van der Waals surface area contributed by atoms with Crippen molar-refractivity contribution < 1.29 is 9.59 Å².